The SMILES string of the molecule is CCCC=CCCCC(CCC)C(=O)OC(C)(C)C1CC2CCC1C2. The third kappa shape index (κ3) is 5.86. The van der Waals surface area contributed by atoms with E-state index in [9.17, 15) is 4.79 Å². The second-order valence-electron chi connectivity index (χ2n) is 8.98. The van der Waals surface area contributed by atoms with Crippen molar-refractivity contribution >= 4 is 5.97 Å². The van der Waals surface area contributed by atoms with E-state index < -0.39 is 0 Å². The second-order valence-corrected chi connectivity index (χ2v) is 8.98. The molecule has 0 radical (unpaired) electrons. The van der Waals surface area contributed by atoms with Crippen LogP contribution in [0.3, 0.4) is 0 Å². The maximum Gasteiger partial charge on any atom is 0.309 e. The summed E-state index contributed by atoms with van der Waals surface area (Å²) in [7, 11) is 0. The fourth-order valence-electron chi connectivity index (χ4n) is 5.13. The number of fused-ring (bicyclic) bond motifs is 2. The molecule has 0 aromatic carbocycles. The molecule has 0 aromatic heterocycles. The van der Waals surface area contributed by atoms with Crippen LogP contribution in [-0.4, -0.2) is 11.6 Å². The van der Waals surface area contributed by atoms with Gasteiger partial charge in [-0.15, -0.1) is 0 Å². The third-order valence-electron chi connectivity index (χ3n) is 6.51. The summed E-state index contributed by atoms with van der Waals surface area (Å²) in [5.41, 5.74) is -0.288. The first-order valence-electron chi connectivity index (χ1n) is 10.9. The van der Waals surface area contributed by atoms with E-state index in [0.29, 0.717) is 5.92 Å². The predicted molar refractivity (Wildman–Crippen MR) is 105 cm³/mol. The molecule has 0 N–H and O–H groups in total. The summed E-state index contributed by atoms with van der Waals surface area (Å²) < 4.78 is 6.13. The molecule has 2 rings (SSSR count). The van der Waals surface area contributed by atoms with Crippen LogP contribution >= 0.6 is 0 Å². The number of hydrogen-bond acceptors (Lipinski definition) is 2. The highest BCUT2D eigenvalue weighted by Crippen LogP contribution is 2.53. The Morgan fingerprint density at radius 1 is 1.08 bits per heavy atom. The van der Waals surface area contributed by atoms with Gasteiger partial charge in [0.2, 0.25) is 0 Å². The molecule has 2 aliphatic carbocycles. The summed E-state index contributed by atoms with van der Waals surface area (Å²) in [6.07, 6.45) is 17.5. The first-order valence-corrected chi connectivity index (χ1v) is 10.9. The van der Waals surface area contributed by atoms with Gasteiger partial charge in [-0.3, -0.25) is 4.79 Å². The average Bonchev–Trinajstić information content (AvgIpc) is 3.20. The van der Waals surface area contributed by atoms with E-state index in [1.807, 2.05) is 0 Å². The minimum Gasteiger partial charge on any atom is -0.459 e. The van der Waals surface area contributed by atoms with Gasteiger partial charge in [0.05, 0.1) is 5.92 Å². The van der Waals surface area contributed by atoms with Gasteiger partial charge in [-0.2, -0.15) is 0 Å². The van der Waals surface area contributed by atoms with Gasteiger partial charge >= 0.3 is 5.97 Å². The molecule has 2 heteroatoms. The van der Waals surface area contributed by atoms with Crippen LogP contribution in [0.4, 0.5) is 0 Å². The van der Waals surface area contributed by atoms with Gasteiger partial charge in [0.25, 0.3) is 0 Å². The van der Waals surface area contributed by atoms with Crippen LogP contribution in [0.25, 0.3) is 0 Å². The summed E-state index contributed by atoms with van der Waals surface area (Å²) in [5.74, 6) is 2.42. The van der Waals surface area contributed by atoms with Crippen LogP contribution in [0, 0.1) is 23.7 Å². The zero-order valence-electron chi connectivity index (χ0n) is 17.1. The first kappa shape index (κ1) is 20.5. The Hall–Kier alpha value is -0.790. The van der Waals surface area contributed by atoms with Gasteiger partial charge in [0, 0.05) is 5.92 Å². The number of allylic oxidation sites excluding steroid dienone is 2. The molecule has 2 saturated carbocycles. The smallest absolute Gasteiger partial charge is 0.309 e. The fourth-order valence-corrected chi connectivity index (χ4v) is 5.13. The largest absolute Gasteiger partial charge is 0.459 e. The highest BCUT2D eigenvalue weighted by Gasteiger charge is 2.48. The van der Waals surface area contributed by atoms with Crippen LogP contribution in [0.2, 0.25) is 0 Å². The van der Waals surface area contributed by atoms with Crippen molar-refractivity contribution in [3.8, 4) is 0 Å². The molecule has 0 aromatic rings. The van der Waals surface area contributed by atoms with Crippen molar-refractivity contribution in [2.75, 3.05) is 0 Å². The van der Waals surface area contributed by atoms with Crippen LogP contribution in [0.1, 0.15) is 98.3 Å². The number of esters is 1. The molecule has 4 atom stereocenters. The lowest BCUT2D eigenvalue weighted by Crippen LogP contribution is -2.41. The maximum atomic E-state index is 12.8. The van der Waals surface area contributed by atoms with Crippen LogP contribution in [0.5, 0.6) is 0 Å². The molecule has 2 aliphatic rings. The predicted octanol–water partition coefficient (Wildman–Crippen LogP) is 6.69. The minimum atomic E-state index is -0.288. The van der Waals surface area contributed by atoms with E-state index in [1.165, 1.54) is 32.1 Å². The molecule has 2 nitrogen and oxygen atoms in total. The molecule has 25 heavy (non-hydrogen) atoms. The number of unbranched alkanes of at least 4 members (excludes halogenated alkanes) is 2. The number of ether oxygens (including phenoxy) is 1. The summed E-state index contributed by atoms with van der Waals surface area (Å²) in [4.78, 5) is 12.8. The van der Waals surface area contributed by atoms with Crippen molar-refractivity contribution in [1.82, 2.24) is 0 Å². The van der Waals surface area contributed by atoms with Crippen molar-refractivity contribution in [2.24, 2.45) is 23.7 Å². The van der Waals surface area contributed by atoms with E-state index in [0.717, 1.165) is 50.4 Å². The monoisotopic (exact) mass is 348 g/mol. The van der Waals surface area contributed by atoms with Crippen molar-refractivity contribution in [1.29, 1.82) is 0 Å². The normalized spacial score (nSPS) is 27.1. The fraction of sp³-hybridized carbons (Fsp3) is 0.870. The van der Waals surface area contributed by atoms with Crippen molar-refractivity contribution in [2.45, 2.75) is 104 Å². The van der Waals surface area contributed by atoms with Gasteiger partial charge < -0.3 is 4.74 Å². The Bertz CT molecular complexity index is 437. The Kier molecular flexibility index (Phi) is 8.03. The number of hydrogen-bond donors (Lipinski definition) is 0. The summed E-state index contributed by atoms with van der Waals surface area (Å²) in [6.45, 7) is 8.69. The number of rotatable bonds is 11. The molecule has 0 amide bonds. The zero-order valence-corrected chi connectivity index (χ0v) is 17.1. The highest BCUT2D eigenvalue weighted by atomic mass is 16.6. The van der Waals surface area contributed by atoms with Gasteiger partial charge in [-0.1, -0.05) is 45.3 Å². The molecule has 0 aliphatic heterocycles. The van der Waals surface area contributed by atoms with Gasteiger partial charge in [0.1, 0.15) is 5.60 Å². The molecule has 144 valence electrons. The highest BCUT2D eigenvalue weighted by molar-refractivity contribution is 5.72. The zero-order chi connectivity index (χ0) is 18.3. The lowest BCUT2D eigenvalue weighted by molar-refractivity contribution is -0.169. The van der Waals surface area contributed by atoms with Crippen molar-refractivity contribution in [3.05, 3.63) is 12.2 Å². The summed E-state index contributed by atoms with van der Waals surface area (Å²) in [5, 5.41) is 0. The van der Waals surface area contributed by atoms with Crippen molar-refractivity contribution < 1.29 is 9.53 Å². The number of carbonyl (C=O) groups is 1. The average molecular weight is 349 g/mol. The first-order chi connectivity index (χ1) is 12.0. The lowest BCUT2D eigenvalue weighted by atomic mass is 9.78. The molecular formula is C23H40O2. The Morgan fingerprint density at radius 2 is 1.84 bits per heavy atom. The summed E-state index contributed by atoms with van der Waals surface area (Å²) >= 11 is 0. The van der Waals surface area contributed by atoms with Crippen molar-refractivity contribution in [3.63, 3.8) is 0 Å². The number of carbonyl (C=O) groups excluding carboxylic acids is 1. The molecule has 2 fully saturated rings. The lowest BCUT2D eigenvalue weighted by Gasteiger charge is -2.37. The molecule has 0 heterocycles. The Morgan fingerprint density at radius 3 is 2.44 bits per heavy atom. The van der Waals surface area contributed by atoms with Gasteiger partial charge in [0.15, 0.2) is 0 Å². The molecular weight excluding hydrogens is 308 g/mol. The quantitative estimate of drug-likeness (QED) is 0.236. The van der Waals surface area contributed by atoms with Crippen LogP contribution in [-0.2, 0) is 9.53 Å². The van der Waals surface area contributed by atoms with Crippen LogP contribution < -0.4 is 0 Å². The minimum absolute atomic E-state index is 0.0622. The third-order valence-corrected chi connectivity index (χ3v) is 6.51. The molecule has 2 bridgehead atoms. The Balaban J connectivity index is 1.82. The Labute approximate surface area is 155 Å². The van der Waals surface area contributed by atoms with E-state index >= 15 is 0 Å². The van der Waals surface area contributed by atoms with E-state index in [1.54, 1.807) is 0 Å². The molecule has 0 spiro atoms. The van der Waals surface area contributed by atoms with E-state index in [4.69, 9.17) is 4.74 Å². The topological polar surface area (TPSA) is 26.3 Å². The summed E-state index contributed by atoms with van der Waals surface area (Å²) in [6, 6.07) is 0. The second kappa shape index (κ2) is 9.78. The van der Waals surface area contributed by atoms with E-state index in [-0.39, 0.29) is 17.5 Å². The van der Waals surface area contributed by atoms with Gasteiger partial charge in [-0.05, 0) is 77.0 Å². The van der Waals surface area contributed by atoms with Crippen LogP contribution in [0.15, 0.2) is 12.2 Å². The standard InChI is InChI=1S/C23H40O2/c1-5-7-8-9-10-11-13-19(12-6-2)22(24)25-23(3,4)21-17-18-14-15-20(21)16-18/h8-9,18-21H,5-7,10-17H2,1-4H3. The van der Waals surface area contributed by atoms with E-state index in [2.05, 4.69) is 39.8 Å². The molecule has 0 saturated heterocycles. The maximum absolute atomic E-state index is 12.8. The van der Waals surface area contributed by atoms with Gasteiger partial charge in [-0.25, -0.2) is 0 Å². The molecule has 4 unspecified atom stereocenters.